The molecule has 1 aliphatic rings. The Labute approximate surface area is 207 Å². The van der Waals surface area contributed by atoms with Crippen LogP contribution in [0.15, 0.2) is 61.5 Å². The predicted molar refractivity (Wildman–Crippen MR) is 131 cm³/mol. The first-order valence-electron chi connectivity index (χ1n) is 8.41. The monoisotopic (exact) mass is 556 g/mol. The van der Waals surface area contributed by atoms with Crippen LogP contribution in [0.25, 0.3) is 0 Å². The average molecular weight is 557 g/mol. The summed E-state index contributed by atoms with van der Waals surface area (Å²) in [6, 6.07) is 5.62. The molecular weight excluding hydrogens is 528 g/mol. The van der Waals surface area contributed by atoms with E-state index < -0.39 is 42.0 Å². The molecule has 0 spiro atoms. The molecule has 3 rings (SSSR count). The summed E-state index contributed by atoms with van der Waals surface area (Å²) in [5, 5.41) is 12.5. The average Bonchev–Trinajstić information content (AvgIpc) is 2.95. The molecule has 1 heterocycles. The minimum atomic E-state index is -4.89. The Morgan fingerprint density at radius 2 is 1.57 bits per heavy atom. The van der Waals surface area contributed by atoms with Crippen LogP contribution in [0.4, 0.5) is 11.4 Å². The zero-order chi connectivity index (χ0) is 23.1. The Bertz CT molecular complexity index is 1360. The Balaban J connectivity index is 0. The molecule has 15 nitrogen and oxygen atoms in total. The number of hydrogen-bond acceptors (Lipinski definition) is 10. The molecule has 1 amide bonds. The van der Waals surface area contributed by atoms with Gasteiger partial charge in [-0.3, -0.25) is 4.79 Å². The van der Waals surface area contributed by atoms with E-state index in [0.717, 1.165) is 29.3 Å². The molecule has 1 atom stereocenters. The summed E-state index contributed by atoms with van der Waals surface area (Å²) in [4.78, 5) is 11.5. The first-order valence-corrected chi connectivity index (χ1v) is 11.6. The number of hydrazone groups is 1. The molecule has 16 N–H and O–H groups in total. The largest absolute Gasteiger partial charge is 0.744 e. The van der Waals surface area contributed by atoms with Crippen molar-refractivity contribution < 1.29 is 30.7 Å². The summed E-state index contributed by atoms with van der Waals surface area (Å²) >= 11 is 5.97. The molecule has 35 heavy (non-hydrogen) atoms. The van der Waals surface area contributed by atoms with Gasteiger partial charge in [0, 0.05) is 5.02 Å². The summed E-state index contributed by atoms with van der Waals surface area (Å²) in [6.07, 6.45) is 0. The van der Waals surface area contributed by atoms with Crippen molar-refractivity contribution in [3.63, 3.8) is 0 Å². The number of rotatable bonds is 5. The number of anilines is 1. The van der Waals surface area contributed by atoms with Crippen molar-refractivity contribution in [3.05, 3.63) is 47.0 Å². The van der Waals surface area contributed by atoms with Crippen LogP contribution in [0.5, 0.6) is 0 Å². The van der Waals surface area contributed by atoms with Crippen molar-refractivity contribution in [1.29, 1.82) is 0 Å². The van der Waals surface area contributed by atoms with Gasteiger partial charge >= 0.3 is 0 Å². The number of quaternary nitrogens is 4. The number of azo groups is 1. The highest BCUT2D eigenvalue weighted by Crippen LogP contribution is 2.32. The van der Waals surface area contributed by atoms with Gasteiger partial charge in [-0.25, -0.2) is 16.8 Å². The molecular formula is C17H29ClN8O7S2+2. The molecule has 196 valence electrons. The third-order valence-electron chi connectivity index (χ3n) is 4.24. The summed E-state index contributed by atoms with van der Waals surface area (Å²) in [5.74, 6) is -0.730. The van der Waals surface area contributed by atoms with Crippen molar-refractivity contribution in [1.82, 2.24) is 24.6 Å². The summed E-state index contributed by atoms with van der Waals surface area (Å²) in [6.45, 7) is 2.95. The van der Waals surface area contributed by atoms with Crippen molar-refractivity contribution >= 4 is 54.8 Å². The van der Waals surface area contributed by atoms with Gasteiger partial charge in [-0.2, -0.15) is 20.3 Å². The van der Waals surface area contributed by atoms with E-state index in [1.165, 1.54) is 26.0 Å². The van der Waals surface area contributed by atoms with E-state index in [2.05, 4.69) is 15.3 Å². The lowest BCUT2D eigenvalue weighted by molar-refractivity contribution is -0.117. The lowest BCUT2D eigenvalue weighted by Crippen LogP contribution is -2.29. The number of hydrogen-bond donors (Lipinski definition) is 4. The van der Waals surface area contributed by atoms with Crippen LogP contribution in [-0.2, 0) is 25.0 Å². The smallest absolute Gasteiger partial charge is 0.280 e. The van der Waals surface area contributed by atoms with E-state index in [4.69, 9.17) is 11.6 Å². The quantitative estimate of drug-likeness (QED) is 0.310. The lowest BCUT2D eigenvalue weighted by atomic mass is 10.2. The minimum absolute atomic E-state index is 0. The van der Waals surface area contributed by atoms with Crippen LogP contribution < -0.4 is 29.6 Å². The van der Waals surface area contributed by atoms with E-state index in [0.29, 0.717) is 5.56 Å². The molecule has 2 aromatic rings. The maximum atomic E-state index is 12.7. The highest BCUT2D eigenvalue weighted by atomic mass is 35.5. The third-order valence-corrected chi connectivity index (χ3v) is 6.34. The fraction of sp³-hybridized carbons (Fsp3) is 0.176. The Morgan fingerprint density at radius 1 is 0.971 bits per heavy atom. The summed E-state index contributed by atoms with van der Waals surface area (Å²) in [7, 11) is -9.64. The van der Waals surface area contributed by atoms with Crippen molar-refractivity contribution in [2.75, 3.05) is 5.01 Å². The molecule has 0 aliphatic carbocycles. The van der Waals surface area contributed by atoms with Crippen molar-refractivity contribution in [3.8, 4) is 0 Å². The third kappa shape index (κ3) is 7.31. The number of nitrogens with zero attached hydrogens (tertiary/aromatic N) is 4. The zero-order valence-corrected chi connectivity index (χ0v) is 22.3. The number of amides is 1. The molecule has 0 saturated carbocycles. The second-order valence-corrected chi connectivity index (χ2v) is 9.62. The molecule has 0 radical (unpaired) electrons. The molecule has 1 unspecified atom stereocenters. The van der Waals surface area contributed by atoms with Gasteiger partial charge in [-0.15, -0.1) is 0 Å². The van der Waals surface area contributed by atoms with Gasteiger partial charge in [0.2, 0.25) is 0 Å². The van der Waals surface area contributed by atoms with Crippen LogP contribution in [0, 0.1) is 6.92 Å². The van der Waals surface area contributed by atoms with Gasteiger partial charge < -0.3 is 33.7 Å². The topological polar surface area (TPSA) is 318 Å². The Hall–Kier alpha value is -2.87. The van der Waals surface area contributed by atoms with Gasteiger partial charge in [0.1, 0.15) is 25.9 Å². The summed E-state index contributed by atoms with van der Waals surface area (Å²) in [5.41, 5.74) is 0.169. The standard InChI is InChI=1S/C17H15ClN4O7S2.4H3N/c1-9-6-15(31(27,28)29)14(8-13(9)18)19-20-16-10(2)21-22(17(16)23)11-4-3-5-12(7-11)30(24,25)26;;;;/h3-8,16H,1-2H3,(H,24,25,26)(H,27,28,29);4*1H3/p+2. The second-order valence-electron chi connectivity index (χ2n) is 6.48. The molecule has 1 aliphatic heterocycles. The first-order chi connectivity index (χ1) is 14.3. The highest BCUT2D eigenvalue weighted by Gasteiger charge is 2.35. The molecule has 18 heteroatoms. The fourth-order valence-corrected chi connectivity index (χ4v) is 4.03. The lowest BCUT2D eigenvalue weighted by Gasteiger charge is -2.15. The van der Waals surface area contributed by atoms with Crippen LogP contribution in [-0.4, -0.2) is 43.6 Å². The van der Waals surface area contributed by atoms with Crippen molar-refractivity contribution in [2.45, 2.75) is 29.7 Å². The maximum absolute atomic E-state index is 12.7. The number of carbonyl (C=O) groups is 1. The second kappa shape index (κ2) is 12.2. The molecule has 0 bridgehead atoms. The van der Waals surface area contributed by atoms with Gasteiger partial charge in [0.05, 0.1) is 21.2 Å². The number of carbonyl (C=O) groups excluding carboxylic acids is 1. The minimum Gasteiger partial charge on any atom is -0.744 e. The van der Waals surface area contributed by atoms with Crippen LogP contribution in [0.2, 0.25) is 5.02 Å². The van der Waals surface area contributed by atoms with E-state index in [1.54, 1.807) is 0 Å². The van der Waals surface area contributed by atoms with Crippen LogP contribution >= 0.6 is 11.6 Å². The molecule has 0 aromatic heterocycles. The Morgan fingerprint density at radius 3 is 2.11 bits per heavy atom. The van der Waals surface area contributed by atoms with E-state index in [1.807, 2.05) is 0 Å². The number of aryl methyl sites for hydroxylation is 1. The first kappa shape index (κ1) is 34.3. The van der Waals surface area contributed by atoms with E-state index in [9.17, 15) is 30.7 Å². The van der Waals surface area contributed by atoms with E-state index in [-0.39, 0.29) is 46.7 Å². The number of halogens is 1. The van der Waals surface area contributed by atoms with Gasteiger partial charge in [0.15, 0.2) is 6.04 Å². The van der Waals surface area contributed by atoms with Crippen LogP contribution in [0.1, 0.15) is 12.5 Å². The summed E-state index contributed by atoms with van der Waals surface area (Å²) < 4.78 is 68.2. The van der Waals surface area contributed by atoms with Crippen molar-refractivity contribution in [2.24, 2.45) is 15.3 Å². The zero-order valence-electron chi connectivity index (χ0n) is 19.9. The SMILES string of the molecule is CC1=NN(c2cccc(S(=O)(=O)[O-])c2)C(=O)C1N=Nc1cc(Cl)c(C)cc1S(=O)(=O)[O-].[NH4+].[NH4+].[NH4+].[NH4+]. The predicted octanol–water partition coefficient (Wildman–Crippen LogP) is 3.84. The van der Waals surface area contributed by atoms with E-state index >= 15 is 0 Å². The van der Waals surface area contributed by atoms with Gasteiger partial charge in [-0.05, 0) is 49.7 Å². The van der Waals surface area contributed by atoms with Crippen LogP contribution in [0.3, 0.4) is 0 Å². The molecule has 2 aromatic carbocycles. The number of benzene rings is 2. The Kier molecular flexibility index (Phi) is 12.0. The molecule has 0 fully saturated rings. The normalized spacial score (nSPS) is 15.5. The highest BCUT2D eigenvalue weighted by molar-refractivity contribution is 7.86. The molecule has 0 saturated heterocycles. The fourth-order valence-electron chi connectivity index (χ4n) is 2.69. The maximum Gasteiger partial charge on any atom is 0.280 e. The van der Waals surface area contributed by atoms with Gasteiger partial charge in [0.25, 0.3) is 5.91 Å². The van der Waals surface area contributed by atoms with Gasteiger partial charge in [-0.1, -0.05) is 17.7 Å².